The van der Waals surface area contributed by atoms with Gasteiger partial charge >= 0.3 is 0 Å². The van der Waals surface area contributed by atoms with Gasteiger partial charge in [-0.25, -0.2) is 8.42 Å². The number of amides is 2. The topological polar surface area (TPSA) is 105 Å². The summed E-state index contributed by atoms with van der Waals surface area (Å²) in [5.41, 5.74) is 1.31. The number of nitrogens with zero attached hydrogens (tertiary/aromatic N) is 1. The molecule has 2 aromatic carbocycles. The van der Waals surface area contributed by atoms with Crippen molar-refractivity contribution in [3.05, 3.63) is 47.5 Å². The number of halogens is 1. The van der Waals surface area contributed by atoms with E-state index in [1.807, 2.05) is 0 Å². The number of hydrogen-bond donors (Lipinski definition) is 2. The number of nitrogens with one attached hydrogen (secondary N) is 2. The maximum Gasteiger partial charge on any atom is 0.265 e. The number of carbonyl (C=O) groups is 2. The molecule has 0 aromatic heterocycles. The molecule has 0 unspecified atom stereocenters. The minimum atomic E-state index is -3.58. The summed E-state index contributed by atoms with van der Waals surface area (Å²) in [6.07, 6.45) is 0.327. The van der Waals surface area contributed by atoms with Crippen LogP contribution in [0.1, 0.15) is 13.3 Å². The standard InChI is InChI=1S/C19H20ClN3O5S/c1-12(24)21-14-4-3-5-15(11-14)22-19(25)18-8-9-23(29(2,26)27)16-10-13(20)6-7-17(16)28-18/h3-7,10-11,18H,8-9H2,1-2H3,(H,21,24)(H,22,25)/t18-/m1/s1. The van der Waals surface area contributed by atoms with Crippen LogP contribution in [0.4, 0.5) is 17.1 Å². The third-order valence-corrected chi connectivity index (χ3v) is 5.61. The van der Waals surface area contributed by atoms with Gasteiger partial charge in [0, 0.05) is 36.3 Å². The first kappa shape index (κ1) is 20.9. The molecule has 0 aliphatic carbocycles. The first-order chi connectivity index (χ1) is 13.6. The molecule has 10 heteroatoms. The van der Waals surface area contributed by atoms with Crippen LogP contribution in [0.15, 0.2) is 42.5 Å². The molecule has 2 aromatic rings. The van der Waals surface area contributed by atoms with Crippen molar-refractivity contribution in [3.63, 3.8) is 0 Å². The Labute approximate surface area is 173 Å². The summed E-state index contributed by atoms with van der Waals surface area (Å²) in [5, 5.41) is 5.74. The average molecular weight is 438 g/mol. The molecule has 0 radical (unpaired) electrons. The van der Waals surface area contributed by atoms with E-state index in [1.165, 1.54) is 17.3 Å². The minimum absolute atomic E-state index is 0.0657. The Balaban J connectivity index is 1.82. The van der Waals surface area contributed by atoms with Crippen LogP contribution in [0.25, 0.3) is 0 Å². The Bertz CT molecular complexity index is 1060. The molecule has 8 nitrogen and oxygen atoms in total. The van der Waals surface area contributed by atoms with Crippen LogP contribution in [0, 0.1) is 0 Å². The van der Waals surface area contributed by atoms with Gasteiger partial charge < -0.3 is 15.4 Å². The fourth-order valence-corrected chi connectivity index (χ4v) is 4.09. The molecule has 29 heavy (non-hydrogen) atoms. The normalized spacial score (nSPS) is 16.2. The predicted molar refractivity (Wildman–Crippen MR) is 112 cm³/mol. The van der Waals surface area contributed by atoms with Crippen molar-refractivity contribution in [1.82, 2.24) is 0 Å². The Hall–Kier alpha value is -2.78. The zero-order chi connectivity index (χ0) is 21.2. The second-order valence-corrected chi connectivity index (χ2v) is 8.94. The van der Waals surface area contributed by atoms with Crippen LogP contribution in [-0.2, 0) is 19.6 Å². The highest BCUT2D eigenvalue weighted by molar-refractivity contribution is 7.92. The lowest BCUT2D eigenvalue weighted by Crippen LogP contribution is -2.36. The van der Waals surface area contributed by atoms with Crippen molar-refractivity contribution in [1.29, 1.82) is 0 Å². The van der Waals surface area contributed by atoms with Crippen molar-refractivity contribution in [3.8, 4) is 5.75 Å². The minimum Gasteiger partial charge on any atom is -0.478 e. The van der Waals surface area contributed by atoms with E-state index >= 15 is 0 Å². The molecule has 2 amide bonds. The van der Waals surface area contributed by atoms with Crippen LogP contribution < -0.4 is 19.7 Å². The average Bonchev–Trinajstić information content (AvgIpc) is 2.80. The molecular weight excluding hydrogens is 418 g/mol. The fourth-order valence-electron chi connectivity index (χ4n) is 2.98. The van der Waals surface area contributed by atoms with Crippen LogP contribution in [0.3, 0.4) is 0 Å². The predicted octanol–water partition coefficient (Wildman–Crippen LogP) is 2.85. The Morgan fingerprint density at radius 3 is 2.48 bits per heavy atom. The number of fused-ring (bicyclic) bond motifs is 1. The summed E-state index contributed by atoms with van der Waals surface area (Å²) >= 11 is 6.02. The molecule has 1 aliphatic rings. The highest BCUT2D eigenvalue weighted by Gasteiger charge is 2.31. The van der Waals surface area contributed by atoms with Gasteiger partial charge in [0.2, 0.25) is 15.9 Å². The van der Waals surface area contributed by atoms with Gasteiger partial charge in [0.05, 0.1) is 11.9 Å². The monoisotopic (exact) mass is 437 g/mol. The smallest absolute Gasteiger partial charge is 0.265 e. The summed E-state index contributed by atoms with van der Waals surface area (Å²) in [7, 11) is -3.58. The van der Waals surface area contributed by atoms with Crippen LogP contribution >= 0.6 is 11.6 Å². The van der Waals surface area contributed by atoms with Gasteiger partial charge in [-0.2, -0.15) is 0 Å². The molecule has 1 atom stereocenters. The van der Waals surface area contributed by atoms with E-state index in [0.717, 1.165) is 6.26 Å². The first-order valence-corrected chi connectivity index (χ1v) is 11.0. The second-order valence-electron chi connectivity index (χ2n) is 6.59. The van der Waals surface area contributed by atoms with Gasteiger partial charge in [0.15, 0.2) is 6.10 Å². The van der Waals surface area contributed by atoms with E-state index in [2.05, 4.69) is 10.6 Å². The molecule has 3 rings (SSSR count). The van der Waals surface area contributed by atoms with E-state index in [-0.39, 0.29) is 24.6 Å². The molecule has 0 bridgehead atoms. The van der Waals surface area contributed by atoms with Crippen LogP contribution in [0.2, 0.25) is 5.02 Å². The summed E-state index contributed by atoms with van der Waals surface area (Å²) in [6, 6.07) is 11.3. The molecule has 0 saturated carbocycles. The highest BCUT2D eigenvalue weighted by atomic mass is 35.5. The lowest BCUT2D eigenvalue weighted by atomic mass is 10.2. The summed E-state index contributed by atoms with van der Waals surface area (Å²) < 4.78 is 31.4. The van der Waals surface area contributed by atoms with E-state index in [4.69, 9.17) is 16.3 Å². The third kappa shape index (κ3) is 5.18. The van der Waals surface area contributed by atoms with Crippen molar-refractivity contribution in [2.24, 2.45) is 0 Å². The summed E-state index contributed by atoms with van der Waals surface area (Å²) in [5.74, 6) is -0.401. The third-order valence-electron chi connectivity index (χ3n) is 4.20. The molecule has 0 fully saturated rings. The number of hydrogen-bond acceptors (Lipinski definition) is 5. The fraction of sp³-hybridized carbons (Fsp3) is 0.263. The molecule has 2 N–H and O–H groups in total. The van der Waals surface area contributed by atoms with Crippen molar-refractivity contribution in [2.45, 2.75) is 19.4 Å². The van der Waals surface area contributed by atoms with Crippen LogP contribution in [-0.4, -0.2) is 39.1 Å². The van der Waals surface area contributed by atoms with E-state index in [0.29, 0.717) is 22.1 Å². The first-order valence-electron chi connectivity index (χ1n) is 8.76. The van der Waals surface area contributed by atoms with Crippen molar-refractivity contribution >= 4 is 50.5 Å². The molecule has 0 spiro atoms. The molecular formula is C19H20ClN3O5S. The number of sulfonamides is 1. The van der Waals surface area contributed by atoms with E-state index < -0.39 is 22.0 Å². The van der Waals surface area contributed by atoms with Gasteiger partial charge in [-0.05, 0) is 36.4 Å². The van der Waals surface area contributed by atoms with Crippen molar-refractivity contribution < 1.29 is 22.7 Å². The summed E-state index contributed by atoms with van der Waals surface area (Å²) in [6.45, 7) is 1.46. The number of ether oxygens (including phenoxy) is 1. The Morgan fingerprint density at radius 1 is 1.14 bits per heavy atom. The van der Waals surface area contributed by atoms with E-state index in [1.54, 1.807) is 36.4 Å². The summed E-state index contributed by atoms with van der Waals surface area (Å²) in [4.78, 5) is 24.0. The van der Waals surface area contributed by atoms with Gasteiger partial charge in [0.25, 0.3) is 5.91 Å². The number of carbonyl (C=O) groups excluding carboxylic acids is 2. The van der Waals surface area contributed by atoms with E-state index in [9.17, 15) is 18.0 Å². The van der Waals surface area contributed by atoms with Gasteiger partial charge in [-0.1, -0.05) is 17.7 Å². The maximum absolute atomic E-state index is 12.8. The highest BCUT2D eigenvalue weighted by Crippen LogP contribution is 2.36. The van der Waals surface area contributed by atoms with Gasteiger partial charge in [-0.3, -0.25) is 13.9 Å². The van der Waals surface area contributed by atoms with Crippen LogP contribution in [0.5, 0.6) is 5.75 Å². The Morgan fingerprint density at radius 2 is 1.83 bits per heavy atom. The number of benzene rings is 2. The molecule has 154 valence electrons. The molecule has 1 aliphatic heterocycles. The Kier molecular flexibility index (Phi) is 5.99. The molecule has 0 saturated heterocycles. The zero-order valence-electron chi connectivity index (χ0n) is 15.8. The lowest BCUT2D eigenvalue weighted by molar-refractivity contribution is -0.122. The number of anilines is 3. The lowest BCUT2D eigenvalue weighted by Gasteiger charge is -2.21. The van der Waals surface area contributed by atoms with Crippen molar-refractivity contribution in [2.75, 3.05) is 27.7 Å². The molecule has 1 heterocycles. The largest absolute Gasteiger partial charge is 0.478 e. The maximum atomic E-state index is 12.8. The number of rotatable bonds is 4. The quantitative estimate of drug-likeness (QED) is 0.765. The SMILES string of the molecule is CC(=O)Nc1cccc(NC(=O)[C@H]2CCN(S(C)(=O)=O)c3cc(Cl)ccc3O2)c1. The van der Waals surface area contributed by atoms with Gasteiger partial charge in [-0.15, -0.1) is 0 Å². The van der Waals surface area contributed by atoms with Gasteiger partial charge in [0.1, 0.15) is 5.75 Å². The zero-order valence-corrected chi connectivity index (χ0v) is 17.4. The second kappa shape index (κ2) is 8.30.